The Hall–Kier alpha value is 4.28. The Balaban J connectivity index is -0.000000120. The third-order valence-corrected chi connectivity index (χ3v) is 1.25. The third kappa shape index (κ3) is 16.5. The van der Waals surface area contributed by atoms with Gasteiger partial charge in [-0.25, -0.2) is 0 Å². The van der Waals surface area contributed by atoms with Crippen molar-refractivity contribution < 1.29 is 189 Å². The summed E-state index contributed by atoms with van der Waals surface area (Å²) in [7, 11) is 0. The molecule has 11 heteroatoms. The quantitative estimate of drug-likeness (QED) is 0.493. The first-order chi connectivity index (χ1) is 5.78. The molecule has 17 heavy (non-hydrogen) atoms. The van der Waals surface area contributed by atoms with Crippen molar-refractivity contribution in [3.8, 4) is 0 Å². The van der Waals surface area contributed by atoms with E-state index in [0.29, 0.717) is 0 Å². The number of carbonyl (C=O) groups excluding carboxylic acids is 3. The van der Waals surface area contributed by atoms with Gasteiger partial charge in [0.25, 0.3) is 0 Å². The zero-order chi connectivity index (χ0) is 10.6. The molecule has 0 saturated heterocycles. The summed E-state index contributed by atoms with van der Waals surface area (Å²) < 4.78 is 0. The number of carboxylic acids is 3. The predicted octanol–water partition coefficient (Wildman–Crippen LogP) is -14.9. The van der Waals surface area contributed by atoms with Gasteiger partial charge in [-0.15, -0.1) is 0 Å². The van der Waals surface area contributed by atoms with Crippen LogP contribution in [0.3, 0.4) is 0 Å². The summed E-state index contributed by atoms with van der Waals surface area (Å²) in [4.78, 5) is 30.0. The molecule has 0 spiro atoms. The summed E-state index contributed by atoms with van der Waals surface area (Å²) in [5, 5.41) is 38.9. The maximum absolute atomic E-state index is 10.1. The molecule has 0 aromatic heterocycles. The number of hydrogen-bond donors (Lipinski definition) is 1. The van der Waals surface area contributed by atoms with Crippen LogP contribution in [0.2, 0.25) is 0 Å². The second-order valence-corrected chi connectivity index (χ2v) is 2.42. The molecule has 0 unspecified atom stereocenters. The summed E-state index contributed by atoms with van der Waals surface area (Å²) in [6, 6.07) is 0. The van der Waals surface area contributed by atoms with Gasteiger partial charge in [0.1, 0.15) is 5.60 Å². The van der Waals surface area contributed by atoms with E-state index in [1.165, 1.54) is 0 Å². The van der Waals surface area contributed by atoms with Crippen LogP contribution >= 0.6 is 0 Å². The fourth-order valence-corrected chi connectivity index (χ4v) is 0.684. The van der Waals surface area contributed by atoms with Crippen molar-refractivity contribution in [1.82, 2.24) is 0 Å². The van der Waals surface area contributed by atoms with Gasteiger partial charge in [-0.05, 0) is 0 Å². The van der Waals surface area contributed by atoms with E-state index in [1.807, 2.05) is 0 Å². The topological polar surface area (TPSA) is 141 Å². The number of rotatable bonds is 5. The van der Waals surface area contributed by atoms with Gasteiger partial charge in [0.05, 0.1) is 5.97 Å². The van der Waals surface area contributed by atoms with Gasteiger partial charge in [-0.2, -0.15) is 0 Å². The number of carbonyl (C=O) groups is 3. The first-order valence-electron chi connectivity index (χ1n) is 3.11. The summed E-state index contributed by atoms with van der Waals surface area (Å²) in [5.41, 5.74) is -2.97. The Kier molecular flexibility index (Phi) is 32.3. The van der Waals surface area contributed by atoms with Crippen LogP contribution in [-0.4, -0.2) is 58.2 Å². The van der Waals surface area contributed by atoms with E-state index in [4.69, 9.17) is 5.11 Å². The van der Waals surface area contributed by atoms with E-state index in [1.54, 1.807) is 0 Å². The molecule has 0 fully saturated rings. The van der Waals surface area contributed by atoms with Crippen molar-refractivity contribution in [2.45, 2.75) is 18.4 Å². The van der Waals surface area contributed by atoms with Crippen LogP contribution in [0.1, 0.15) is 12.8 Å². The minimum absolute atomic E-state index is 0. The fourth-order valence-electron chi connectivity index (χ4n) is 0.684. The van der Waals surface area contributed by atoms with E-state index in [9.17, 15) is 29.7 Å². The molecule has 0 atom stereocenters. The van der Waals surface area contributed by atoms with Crippen molar-refractivity contribution in [2.75, 3.05) is 0 Å². The van der Waals surface area contributed by atoms with Gasteiger partial charge >= 0.3 is 184 Å². The Labute approximate surface area is 247 Å². The number of hydrogen-bond acceptors (Lipinski definition) is 7. The molecule has 0 rings (SSSR count). The van der Waals surface area contributed by atoms with Crippen LogP contribution in [0.15, 0.2) is 0 Å². The Morgan fingerprint density at radius 3 is 1.24 bits per heavy atom. The van der Waals surface area contributed by atoms with Crippen LogP contribution in [0.5, 0.6) is 0 Å². The summed E-state index contributed by atoms with van der Waals surface area (Å²) >= 11 is 0. The van der Waals surface area contributed by atoms with Crippen molar-refractivity contribution in [1.29, 1.82) is 0 Å². The van der Waals surface area contributed by atoms with E-state index >= 15 is 0 Å². The summed E-state index contributed by atoms with van der Waals surface area (Å²) in [6.45, 7) is 0. The Morgan fingerprint density at radius 2 is 1.12 bits per heavy atom. The van der Waals surface area contributed by atoms with E-state index < -0.39 is 36.4 Å². The SMILES string of the molecule is O=C([O-])CC(O)(CC(=O)[O-])C(=O)[O-].[K+].[K+].[K+].[NaH]. The van der Waals surface area contributed by atoms with Crippen LogP contribution in [0.4, 0.5) is 0 Å². The standard InChI is InChI=1S/C6H8O7.3K.Na.H/c7-3(8)1-6(13,5(11)12)2-4(9)10;;;;;/h13H,1-2H2,(H,7,8)(H,9,10)(H,11,12);;;;;/q;3*+1;;/p-3. The Bertz CT molecular complexity index is 244. The van der Waals surface area contributed by atoms with E-state index in [2.05, 4.69) is 0 Å². The molecule has 1 N–H and O–H groups in total. The van der Waals surface area contributed by atoms with Crippen LogP contribution in [-0.2, 0) is 14.4 Å². The molecule has 0 aliphatic carbocycles. The van der Waals surface area contributed by atoms with Crippen molar-refractivity contribution in [2.24, 2.45) is 0 Å². The molecule has 0 radical (unpaired) electrons. The molecule has 0 saturated carbocycles. The predicted molar refractivity (Wildman–Crippen MR) is 36.4 cm³/mol. The monoisotopic (exact) mass is 330 g/mol. The second kappa shape index (κ2) is 16.6. The van der Waals surface area contributed by atoms with Gasteiger partial charge in [0.15, 0.2) is 0 Å². The fraction of sp³-hybridized carbons (Fsp3) is 0.500. The van der Waals surface area contributed by atoms with Crippen molar-refractivity contribution >= 4 is 47.5 Å². The maximum atomic E-state index is 10.1. The minimum atomic E-state index is -2.97. The van der Waals surface area contributed by atoms with Gasteiger partial charge in [-0.3, -0.25) is 0 Å². The van der Waals surface area contributed by atoms with Gasteiger partial charge in [0.2, 0.25) is 0 Å². The van der Waals surface area contributed by atoms with E-state index in [-0.39, 0.29) is 184 Å². The zero-order valence-corrected chi connectivity index (χ0v) is 18.7. The Morgan fingerprint density at radius 1 is 0.882 bits per heavy atom. The molecule has 0 aliphatic heterocycles. The van der Waals surface area contributed by atoms with Crippen LogP contribution in [0.25, 0.3) is 0 Å². The average Bonchev–Trinajstić information content (AvgIpc) is 1.82. The molecule has 0 aromatic rings. The molecule has 0 aliphatic rings. The second-order valence-electron chi connectivity index (χ2n) is 2.42. The molecule has 7 nitrogen and oxygen atoms in total. The first kappa shape index (κ1) is 33.0. The number of aliphatic hydroxyl groups is 1. The van der Waals surface area contributed by atoms with Crippen LogP contribution in [0, 0.1) is 0 Å². The van der Waals surface area contributed by atoms with Crippen molar-refractivity contribution in [3.05, 3.63) is 0 Å². The van der Waals surface area contributed by atoms with Gasteiger partial charge in [-0.1, -0.05) is 0 Å². The molecule has 76 valence electrons. The molecule has 0 amide bonds. The number of aliphatic carboxylic acids is 3. The third-order valence-electron chi connectivity index (χ3n) is 1.25. The molecular weight excluding hydrogens is 324 g/mol. The van der Waals surface area contributed by atoms with Gasteiger partial charge < -0.3 is 34.8 Å². The average molecular weight is 330 g/mol. The number of carboxylic acid groups (broad SMARTS) is 3. The zero-order valence-electron chi connectivity index (χ0n) is 9.31. The summed E-state index contributed by atoms with van der Waals surface area (Å²) in [6.07, 6.45) is -2.72. The first-order valence-corrected chi connectivity index (χ1v) is 3.11. The molecule has 0 bridgehead atoms. The summed E-state index contributed by atoms with van der Waals surface area (Å²) in [5.74, 6) is -5.98. The van der Waals surface area contributed by atoms with E-state index in [0.717, 1.165) is 0 Å². The molecule has 0 heterocycles. The molecule has 0 aromatic carbocycles. The normalized spacial score (nSPS) is 8.29. The van der Waals surface area contributed by atoms with Gasteiger partial charge in [0, 0.05) is 24.8 Å². The van der Waals surface area contributed by atoms with Crippen molar-refractivity contribution in [3.63, 3.8) is 0 Å². The molecular formula is C6H6K3NaO7. The van der Waals surface area contributed by atoms with Crippen LogP contribution < -0.4 is 169 Å².